The number of hydrogen-bond donors (Lipinski definition) is 0. The number of hydrogen-bond acceptors (Lipinski definition) is 3. The smallest absolute Gasteiger partial charge is 0.250 e. The lowest BCUT2D eigenvalue weighted by Crippen LogP contribution is -2.15. The predicted molar refractivity (Wildman–Crippen MR) is 69.4 cm³/mol. The van der Waals surface area contributed by atoms with Crippen molar-refractivity contribution in [3.05, 3.63) is 38.8 Å². The van der Waals surface area contributed by atoms with E-state index in [0.29, 0.717) is 16.7 Å². The Labute approximate surface area is 111 Å². The van der Waals surface area contributed by atoms with Crippen LogP contribution >= 0.6 is 15.9 Å². The number of aromatic nitrogens is 1. The molecule has 0 N–H and O–H groups in total. The normalized spacial score (nSPS) is 10.9. The maximum atomic E-state index is 14.1. The number of nitrogens with zero attached hydrogens (tertiary/aromatic N) is 1. The van der Waals surface area contributed by atoms with Gasteiger partial charge in [0, 0.05) is 31.7 Å². The average molecular weight is 316 g/mol. The summed E-state index contributed by atoms with van der Waals surface area (Å²) in [6.07, 6.45) is 0. The van der Waals surface area contributed by atoms with Crippen LogP contribution in [0.25, 0.3) is 10.9 Å². The predicted octanol–water partition coefficient (Wildman–Crippen LogP) is 2.42. The van der Waals surface area contributed by atoms with Crippen molar-refractivity contribution in [1.82, 2.24) is 4.57 Å². The Morgan fingerprint density at radius 2 is 2.17 bits per heavy atom. The lowest BCUT2D eigenvalue weighted by Gasteiger charge is -2.12. The fourth-order valence-electron chi connectivity index (χ4n) is 1.65. The largest absolute Gasteiger partial charge is 0.466 e. The SMILES string of the molecule is COCOc1cc2c(ccc(=O)n2C)c(F)c1Br. The van der Waals surface area contributed by atoms with Crippen molar-refractivity contribution >= 4 is 26.8 Å². The van der Waals surface area contributed by atoms with Crippen molar-refractivity contribution in [2.24, 2.45) is 7.05 Å². The Balaban J connectivity index is 2.72. The Bertz CT molecular complexity index is 654. The third kappa shape index (κ3) is 2.13. The Morgan fingerprint density at radius 1 is 1.44 bits per heavy atom. The number of halogens is 2. The van der Waals surface area contributed by atoms with Crippen LogP contribution in [0, 0.1) is 5.82 Å². The van der Waals surface area contributed by atoms with E-state index in [-0.39, 0.29) is 16.8 Å². The van der Waals surface area contributed by atoms with Crippen LogP contribution < -0.4 is 10.3 Å². The summed E-state index contributed by atoms with van der Waals surface area (Å²) in [6.45, 7) is 0.00429. The number of aryl methyl sites for hydroxylation is 1. The second-order valence-corrected chi connectivity index (χ2v) is 4.51. The van der Waals surface area contributed by atoms with Crippen LogP contribution in [0.1, 0.15) is 0 Å². The van der Waals surface area contributed by atoms with Crippen LogP contribution in [0.5, 0.6) is 5.75 Å². The molecule has 0 aliphatic rings. The van der Waals surface area contributed by atoms with Gasteiger partial charge in [-0.3, -0.25) is 4.79 Å². The molecule has 2 aromatic rings. The van der Waals surface area contributed by atoms with Gasteiger partial charge in [0.2, 0.25) is 0 Å². The van der Waals surface area contributed by atoms with Crippen molar-refractivity contribution in [3.8, 4) is 5.75 Å². The first-order valence-electron chi connectivity index (χ1n) is 5.15. The zero-order chi connectivity index (χ0) is 13.3. The minimum absolute atomic E-state index is 0.00429. The molecule has 6 heteroatoms. The molecule has 1 aromatic carbocycles. The van der Waals surface area contributed by atoms with Gasteiger partial charge in [-0.1, -0.05) is 0 Å². The third-order valence-electron chi connectivity index (χ3n) is 2.61. The van der Waals surface area contributed by atoms with Crippen LogP contribution in [0.3, 0.4) is 0 Å². The Hall–Kier alpha value is -1.40. The molecule has 0 saturated carbocycles. The number of benzene rings is 1. The first-order chi connectivity index (χ1) is 8.56. The molecule has 0 aliphatic carbocycles. The molecule has 0 saturated heterocycles. The van der Waals surface area contributed by atoms with Crippen molar-refractivity contribution in [2.75, 3.05) is 13.9 Å². The highest BCUT2D eigenvalue weighted by Crippen LogP contribution is 2.33. The minimum Gasteiger partial charge on any atom is -0.466 e. The molecular formula is C12H11BrFNO3. The molecule has 0 aliphatic heterocycles. The van der Waals surface area contributed by atoms with Crippen LogP contribution in [0.4, 0.5) is 4.39 Å². The van der Waals surface area contributed by atoms with E-state index in [0.717, 1.165) is 0 Å². The van der Waals surface area contributed by atoms with Gasteiger partial charge >= 0.3 is 0 Å². The van der Waals surface area contributed by atoms with Gasteiger partial charge in [-0.05, 0) is 22.0 Å². The molecule has 0 fully saturated rings. The molecule has 0 spiro atoms. The van der Waals surface area contributed by atoms with Gasteiger partial charge in [-0.15, -0.1) is 0 Å². The third-order valence-corrected chi connectivity index (χ3v) is 3.34. The molecule has 18 heavy (non-hydrogen) atoms. The molecule has 0 bridgehead atoms. The first-order valence-corrected chi connectivity index (χ1v) is 5.95. The number of ether oxygens (including phenoxy) is 2. The summed E-state index contributed by atoms with van der Waals surface area (Å²) in [4.78, 5) is 11.5. The lowest BCUT2D eigenvalue weighted by molar-refractivity contribution is 0.0504. The first kappa shape index (κ1) is 13.0. The Morgan fingerprint density at radius 3 is 2.83 bits per heavy atom. The monoisotopic (exact) mass is 315 g/mol. The summed E-state index contributed by atoms with van der Waals surface area (Å²) in [6, 6.07) is 4.38. The molecule has 96 valence electrons. The van der Waals surface area contributed by atoms with E-state index >= 15 is 0 Å². The highest BCUT2D eigenvalue weighted by molar-refractivity contribution is 9.10. The molecule has 0 amide bonds. The van der Waals surface area contributed by atoms with Gasteiger partial charge < -0.3 is 14.0 Å². The number of methoxy groups -OCH3 is 1. The summed E-state index contributed by atoms with van der Waals surface area (Å²) in [5.41, 5.74) is 0.260. The number of fused-ring (bicyclic) bond motifs is 1. The van der Waals surface area contributed by atoms with Crippen molar-refractivity contribution in [1.29, 1.82) is 0 Å². The maximum Gasteiger partial charge on any atom is 0.250 e. The summed E-state index contributed by atoms with van der Waals surface area (Å²) < 4.78 is 25.7. The van der Waals surface area contributed by atoms with Gasteiger partial charge in [0.1, 0.15) is 11.6 Å². The average Bonchev–Trinajstić information content (AvgIpc) is 2.36. The van der Waals surface area contributed by atoms with E-state index in [2.05, 4.69) is 15.9 Å². The molecular weight excluding hydrogens is 305 g/mol. The zero-order valence-corrected chi connectivity index (χ0v) is 11.5. The van der Waals surface area contributed by atoms with E-state index in [1.165, 1.54) is 23.8 Å². The van der Waals surface area contributed by atoms with Crippen LogP contribution in [0.2, 0.25) is 0 Å². The van der Waals surface area contributed by atoms with Gasteiger partial charge in [0.05, 0.1) is 9.99 Å². The van der Waals surface area contributed by atoms with E-state index in [4.69, 9.17) is 9.47 Å². The molecule has 0 radical (unpaired) electrons. The highest BCUT2D eigenvalue weighted by Gasteiger charge is 2.14. The summed E-state index contributed by atoms with van der Waals surface area (Å²) >= 11 is 3.13. The highest BCUT2D eigenvalue weighted by atomic mass is 79.9. The van der Waals surface area contributed by atoms with E-state index in [1.54, 1.807) is 13.1 Å². The van der Waals surface area contributed by atoms with E-state index in [9.17, 15) is 9.18 Å². The molecule has 4 nitrogen and oxygen atoms in total. The molecule has 0 unspecified atom stereocenters. The van der Waals surface area contributed by atoms with Crippen LogP contribution in [-0.4, -0.2) is 18.5 Å². The van der Waals surface area contributed by atoms with Gasteiger partial charge in [0.25, 0.3) is 5.56 Å². The minimum atomic E-state index is -0.464. The second-order valence-electron chi connectivity index (χ2n) is 3.72. The van der Waals surface area contributed by atoms with Gasteiger partial charge in [-0.25, -0.2) is 4.39 Å². The fourth-order valence-corrected chi connectivity index (χ4v) is 2.10. The van der Waals surface area contributed by atoms with Gasteiger partial charge in [-0.2, -0.15) is 0 Å². The van der Waals surface area contributed by atoms with Crippen molar-refractivity contribution < 1.29 is 13.9 Å². The lowest BCUT2D eigenvalue weighted by atomic mass is 10.2. The fraction of sp³-hybridized carbons (Fsp3) is 0.250. The zero-order valence-electron chi connectivity index (χ0n) is 9.87. The molecule has 1 aromatic heterocycles. The molecule has 2 rings (SSSR count). The maximum absolute atomic E-state index is 14.1. The number of pyridine rings is 1. The van der Waals surface area contributed by atoms with Crippen LogP contribution in [-0.2, 0) is 11.8 Å². The standard InChI is InChI=1S/C12H11BrFNO3/c1-15-8-5-9(18-6-17-2)11(13)12(14)7(8)3-4-10(15)16/h3-5H,6H2,1-2H3. The van der Waals surface area contributed by atoms with E-state index in [1.807, 2.05) is 0 Å². The second kappa shape index (κ2) is 5.07. The molecule has 0 atom stereocenters. The quantitative estimate of drug-likeness (QED) is 0.817. The van der Waals surface area contributed by atoms with Gasteiger partial charge in [0.15, 0.2) is 6.79 Å². The van der Waals surface area contributed by atoms with Crippen LogP contribution in [0.15, 0.2) is 27.5 Å². The van der Waals surface area contributed by atoms with Crippen molar-refractivity contribution in [2.45, 2.75) is 0 Å². The summed E-state index contributed by atoms with van der Waals surface area (Å²) in [7, 11) is 3.05. The number of rotatable bonds is 3. The Kier molecular flexibility index (Phi) is 3.68. The summed E-state index contributed by atoms with van der Waals surface area (Å²) in [5.74, 6) is -0.169. The van der Waals surface area contributed by atoms with Crippen molar-refractivity contribution in [3.63, 3.8) is 0 Å². The summed E-state index contributed by atoms with van der Waals surface area (Å²) in [5, 5.41) is 0.355. The molecule has 1 heterocycles. The topological polar surface area (TPSA) is 40.5 Å². The van der Waals surface area contributed by atoms with E-state index < -0.39 is 5.82 Å².